The predicted molar refractivity (Wildman–Crippen MR) is 42.4 cm³/mol. The van der Waals surface area contributed by atoms with Gasteiger partial charge in [-0.1, -0.05) is 12.2 Å². The van der Waals surface area contributed by atoms with Crippen LogP contribution in [0.25, 0.3) is 0 Å². The number of rotatable bonds is 1. The third kappa shape index (κ3) is 1.09. The normalized spacial score (nSPS) is 18.5. The standard InChI is InChI=1S/C9H11NO/c1-6-3-8(4-6)9-10-7(2)5-11-9/h5,8H,1,3-4H2,2H3. The Balaban J connectivity index is 2.12. The molecule has 0 spiro atoms. The van der Waals surface area contributed by atoms with Crippen LogP contribution in [0.3, 0.4) is 0 Å². The number of hydrogen-bond donors (Lipinski definition) is 0. The lowest BCUT2D eigenvalue weighted by Gasteiger charge is -2.24. The van der Waals surface area contributed by atoms with Gasteiger partial charge in [0.1, 0.15) is 6.26 Å². The average molecular weight is 149 g/mol. The highest BCUT2D eigenvalue weighted by molar-refractivity contribution is 5.17. The zero-order valence-electron chi connectivity index (χ0n) is 6.63. The Kier molecular flexibility index (Phi) is 1.34. The zero-order valence-corrected chi connectivity index (χ0v) is 6.63. The summed E-state index contributed by atoms with van der Waals surface area (Å²) in [4.78, 5) is 4.26. The third-order valence-corrected chi connectivity index (χ3v) is 2.06. The Morgan fingerprint density at radius 3 is 2.82 bits per heavy atom. The van der Waals surface area contributed by atoms with E-state index in [9.17, 15) is 0 Å². The summed E-state index contributed by atoms with van der Waals surface area (Å²) in [7, 11) is 0. The Morgan fingerprint density at radius 2 is 2.36 bits per heavy atom. The molecule has 0 aliphatic heterocycles. The van der Waals surface area contributed by atoms with Crippen molar-refractivity contribution in [3.05, 3.63) is 30.0 Å². The van der Waals surface area contributed by atoms with Gasteiger partial charge in [0.25, 0.3) is 0 Å². The highest BCUT2D eigenvalue weighted by Gasteiger charge is 2.26. The fourth-order valence-corrected chi connectivity index (χ4v) is 1.37. The van der Waals surface area contributed by atoms with E-state index in [2.05, 4.69) is 11.6 Å². The summed E-state index contributed by atoms with van der Waals surface area (Å²) in [6, 6.07) is 0. The maximum absolute atomic E-state index is 5.26. The van der Waals surface area contributed by atoms with Crippen molar-refractivity contribution in [3.63, 3.8) is 0 Å². The monoisotopic (exact) mass is 149 g/mol. The van der Waals surface area contributed by atoms with Gasteiger partial charge in [0.2, 0.25) is 0 Å². The molecule has 0 amide bonds. The summed E-state index contributed by atoms with van der Waals surface area (Å²) in [5, 5.41) is 0. The molecule has 2 nitrogen and oxygen atoms in total. The van der Waals surface area contributed by atoms with Gasteiger partial charge >= 0.3 is 0 Å². The Labute approximate surface area is 65.9 Å². The van der Waals surface area contributed by atoms with Crippen LogP contribution in [0.4, 0.5) is 0 Å². The number of allylic oxidation sites excluding steroid dienone is 1. The second-order valence-corrected chi connectivity index (χ2v) is 3.18. The first kappa shape index (κ1) is 6.65. The minimum Gasteiger partial charge on any atom is -0.448 e. The molecule has 0 unspecified atom stereocenters. The van der Waals surface area contributed by atoms with Gasteiger partial charge in [0, 0.05) is 5.92 Å². The van der Waals surface area contributed by atoms with Gasteiger partial charge in [-0.3, -0.25) is 0 Å². The summed E-state index contributed by atoms with van der Waals surface area (Å²) >= 11 is 0. The molecule has 1 aromatic rings. The van der Waals surface area contributed by atoms with E-state index in [4.69, 9.17) is 4.42 Å². The molecule has 0 radical (unpaired) electrons. The maximum Gasteiger partial charge on any atom is 0.197 e. The van der Waals surface area contributed by atoms with Crippen LogP contribution in [-0.2, 0) is 0 Å². The minimum absolute atomic E-state index is 0.510. The van der Waals surface area contributed by atoms with E-state index < -0.39 is 0 Å². The summed E-state index contributed by atoms with van der Waals surface area (Å²) in [5.41, 5.74) is 2.28. The topological polar surface area (TPSA) is 26.0 Å². The number of aromatic nitrogens is 1. The zero-order chi connectivity index (χ0) is 7.84. The second kappa shape index (κ2) is 2.22. The van der Waals surface area contributed by atoms with E-state index in [0.717, 1.165) is 24.4 Å². The van der Waals surface area contributed by atoms with Crippen molar-refractivity contribution in [2.75, 3.05) is 0 Å². The smallest absolute Gasteiger partial charge is 0.197 e. The van der Waals surface area contributed by atoms with Gasteiger partial charge in [0.15, 0.2) is 5.89 Å². The van der Waals surface area contributed by atoms with Gasteiger partial charge in [-0.05, 0) is 19.8 Å². The Morgan fingerprint density at radius 1 is 1.64 bits per heavy atom. The molecular formula is C9H11NO. The Hall–Kier alpha value is -1.05. The molecule has 2 rings (SSSR count). The van der Waals surface area contributed by atoms with Crippen LogP contribution >= 0.6 is 0 Å². The summed E-state index contributed by atoms with van der Waals surface area (Å²) in [5.74, 6) is 1.39. The van der Waals surface area contributed by atoms with Gasteiger partial charge in [-0.2, -0.15) is 0 Å². The molecule has 1 fully saturated rings. The van der Waals surface area contributed by atoms with Crippen molar-refractivity contribution in [1.82, 2.24) is 4.98 Å². The molecular weight excluding hydrogens is 138 g/mol. The van der Waals surface area contributed by atoms with Crippen LogP contribution in [0.1, 0.15) is 30.3 Å². The fraction of sp³-hybridized carbons (Fsp3) is 0.444. The van der Waals surface area contributed by atoms with Crippen LogP contribution in [0.5, 0.6) is 0 Å². The van der Waals surface area contributed by atoms with E-state index in [1.807, 2.05) is 6.92 Å². The molecule has 1 aliphatic carbocycles. The van der Waals surface area contributed by atoms with Crippen LogP contribution in [-0.4, -0.2) is 4.98 Å². The molecule has 1 saturated carbocycles. The van der Waals surface area contributed by atoms with Crippen molar-refractivity contribution in [2.45, 2.75) is 25.7 Å². The molecule has 0 bridgehead atoms. The van der Waals surface area contributed by atoms with E-state index in [1.165, 1.54) is 5.57 Å². The van der Waals surface area contributed by atoms with Crippen LogP contribution in [0.15, 0.2) is 22.8 Å². The van der Waals surface area contributed by atoms with Gasteiger partial charge in [-0.25, -0.2) is 4.98 Å². The molecule has 1 aromatic heterocycles. The summed E-state index contributed by atoms with van der Waals surface area (Å²) < 4.78 is 5.26. The van der Waals surface area contributed by atoms with E-state index >= 15 is 0 Å². The fourth-order valence-electron chi connectivity index (χ4n) is 1.37. The lowest BCUT2D eigenvalue weighted by molar-refractivity contribution is 0.399. The molecule has 1 heterocycles. The molecule has 0 N–H and O–H groups in total. The summed E-state index contributed by atoms with van der Waals surface area (Å²) in [6.45, 7) is 5.82. The molecule has 58 valence electrons. The molecule has 0 aromatic carbocycles. The molecule has 1 aliphatic rings. The highest BCUT2D eigenvalue weighted by atomic mass is 16.3. The van der Waals surface area contributed by atoms with E-state index in [0.29, 0.717) is 5.92 Å². The first-order valence-corrected chi connectivity index (χ1v) is 3.84. The molecule has 2 heteroatoms. The largest absolute Gasteiger partial charge is 0.448 e. The van der Waals surface area contributed by atoms with Crippen LogP contribution in [0.2, 0.25) is 0 Å². The molecule has 0 atom stereocenters. The Bertz CT molecular complexity index is 280. The summed E-state index contributed by atoms with van der Waals surface area (Å²) in [6.07, 6.45) is 3.82. The first-order valence-electron chi connectivity index (χ1n) is 3.84. The third-order valence-electron chi connectivity index (χ3n) is 2.06. The van der Waals surface area contributed by atoms with Crippen molar-refractivity contribution < 1.29 is 4.42 Å². The van der Waals surface area contributed by atoms with Crippen molar-refractivity contribution in [2.24, 2.45) is 0 Å². The highest BCUT2D eigenvalue weighted by Crippen LogP contribution is 2.39. The van der Waals surface area contributed by atoms with Gasteiger partial charge in [0.05, 0.1) is 5.69 Å². The van der Waals surface area contributed by atoms with Crippen LogP contribution in [0, 0.1) is 6.92 Å². The SMILES string of the molecule is C=C1CC(c2nc(C)co2)C1. The van der Waals surface area contributed by atoms with Gasteiger partial charge in [-0.15, -0.1) is 0 Å². The molecule has 0 saturated heterocycles. The number of hydrogen-bond acceptors (Lipinski definition) is 2. The first-order chi connectivity index (χ1) is 5.25. The van der Waals surface area contributed by atoms with Crippen molar-refractivity contribution in [3.8, 4) is 0 Å². The lowest BCUT2D eigenvalue weighted by Crippen LogP contribution is -2.11. The second-order valence-electron chi connectivity index (χ2n) is 3.18. The number of nitrogens with zero attached hydrogens (tertiary/aromatic N) is 1. The quantitative estimate of drug-likeness (QED) is 0.573. The van der Waals surface area contributed by atoms with Crippen molar-refractivity contribution >= 4 is 0 Å². The number of aryl methyl sites for hydroxylation is 1. The maximum atomic E-state index is 5.26. The number of oxazole rings is 1. The van der Waals surface area contributed by atoms with Crippen molar-refractivity contribution in [1.29, 1.82) is 0 Å². The molecule has 11 heavy (non-hydrogen) atoms. The minimum atomic E-state index is 0.510. The average Bonchev–Trinajstić information content (AvgIpc) is 2.29. The predicted octanol–water partition coefficient (Wildman–Crippen LogP) is 2.42. The lowest BCUT2D eigenvalue weighted by atomic mass is 9.81. The van der Waals surface area contributed by atoms with Crippen LogP contribution < -0.4 is 0 Å². The van der Waals surface area contributed by atoms with Gasteiger partial charge < -0.3 is 4.42 Å². The van der Waals surface area contributed by atoms with E-state index in [1.54, 1.807) is 6.26 Å². The van der Waals surface area contributed by atoms with E-state index in [-0.39, 0.29) is 0 Å².